The molecular weight excluding hydrogens is 243 g/mol. The largest absolute Gasteiger partial charge is 0.383 e. The van der Waals surface area contributed by atoms with E-state index in [9.17, 15) is 4.39 Å². The van der Waals surface area contributed by atoms with Gasteiger partial charge in [0.15, 0.2) is 0 Å². The van der Waals surface area contributed by atoms with Crippen molar-refractivity contribution in [2.75, 3.05) is 23.7 Å². The summed E-state index contributed by atoms with van der Waals surface area (Å²) in [5.74, 6) is 0.662. The van der Waals surface area contributed by atoms with Crippen molar-refractivity contribution in [3.05, 3.63) is 36.3 Å². The van der Waals surface area contributed by atoms with Gasteiger partial charge in [-0.15, -0.1) is 0 Å². The lowest BCUT2D eigenvalue weighted by atomic mass is 10.1. The Balaban J connectivity index is 2.39. The van der Waals surface area contributed by atoms with Crippen LogP contribution in [0.3, 0.4) is 0 Å². The van der Waals surface area contributed by atoms with E-state index in [1.807, 2.05) is 18.7 Å². The third kappa shape index (κ3) is 2.81. The van der Waals surface area contributed by atoms with Gasteiger partial charge in [-0.3, -0.25) is 0 Å². The quantitative estimate of drug-likeness (QED) is 0.918. The average Bonchev–Trinajstić information content (AvgIpc) is 2.40. The van der Waals surface area contributed by atoms with E-state index in [0.717, 1.165) is 13.1 Å². The van der Waals surface area contributed by atoms with Gasteiger partial charge < -0.3 is 10.6 Å². The van der Waals surface area contributed by atoms with Crippen molar-refractivity contribution in [2.24, 2.45) is 0 Å². The summed E-state index contributed by atoms with van der Waals surface area (Å²) in [6, 6.07) is 6.24. The Morgan fingerprint density at radius 1 is 1.26 bits per heavy atom. The smallest absolute Gasteiger partial charge is 0.227 e. The highest BCUT2D eigenvalue weighted by atomic mass is 19.1. The van der Waals surface area contributed by atoms with E-state index < -0.39 is 0 Å². The molecule has 1 aromatic heterocycles. The number of nitrogens with zero attached hydrogens (tertiary/aromatic N) is 3. The predicted octanol–water partition coefficient (Wildman–Crippen LogP) is 2.71. The number of aromatic nitrogens is 2. The zero-order chi connectivity index (χ0) is 13.8. The van der Waals surface area contributed by atoms with E-state index in [1.165, 1.54) is 12.1 Å². The minimum absolute atomic E-state index is 0.301. The molecule has 0 atom stereocenters. The topological polar surface area (TPSA) is 55.0 Å². The van der Waals surface area contributed by atoms with E-state index in [4.69, 9.17) is 5.73 Å². The molecule has 100 valence electrons. The molecule has 0 bridgehead atoms. The van der Waals surface area contributed by atoms with Crippen molar-refractivity contribution in [2.45, 2.75) is 13.8 Å². The maximum atomic E-state index is 13.2. The predicted molar refractivity (Wildman–Crippen MR) is 75.4 cm³/mol. The van der Waals surface area contributed by atoms with Crippen molar-refractivity contribution in [3.8, 4) is 11.1 Å². The van der Waals surface area contributed by atoms with Crippen LogP contribution in [0.15, 0.2) is 30.5 Å². The summed E-state index contributed by atoms with van der Waals surface area (Å²) in [6.45, 7) is 5.69. The highest BCUT2D eigenvalue weighted by molar-refractivity contribution is 5.73. The van der Waals surface area contributed by atoms with E-state index >= 15 is 0 Å². The molecule has 0 radical (unpaired) electrons. The van der Waals surface area contributed by atoms with Gasteiger partial charge in [0.25, 0.3) is 0 Å². The Bertz CT molecular complexity index is 567. The van der Waals surface area contributed by atoms with Crippen LogP contribution in [-0.2, 0) is 0 Å². The molecule has 2 aromatic rings. The summed E-state index contributed by atoms with van der Waals surface area (Å²) in [5, 5.41) is 0. The Kier molecular flexibility index (Phi) is 3.94. The molecule has 1 heterocycles. The van der Waals surface area contributed by atoms with E-state index in [0.29, 0.717) is 22.9 Å². The lowest BCUT2D eigenvalue weighted by Crippen LogP contribution is -2.24. The molecule has 0 unspecified atom stereocenters. The summed E-state index contributed by atoms with van der Waals surface area (Å²) in [6.07, 6.45) is 1.64. The van der Waals surface area contributed by atoms with Crippen molar-refractivity contribution in [3.63, 3.8) is 0 Å². The van der Waals surface area contributed by atoms with Crippen LogP contribution in [0.2, 0.25) is 0 Å². The number of hydrogen-bond acceptors (Lipinski definition) is 4. The number of rotatable bonds is 4. The van der Waals surface area contributed by atoms with Gasteiger partial charge in [-0.2, -0.15) is 4.98 Å². The normalized spacial score (nSPS) is 10.5. The highest BCUT2D eigenvalue weighted by Crippen LogP contribution is 2.25. The fraction of sp³-hybridized carbons (Fsp3) is 0.286. The van der Waals surface area contributed by atoms with Crippen LogP contribution < -0.4 is 10.6 Å². The lowest BCUT2D eigenvalue weighted by molar-refractivity contribution is 0.628. The molecule has 1 aromatic carbocycles. The van der Waals surface area contributed by atoms with Gasteiger partial charge in [0.2, 0.25) is 5.95 Å². The average molecular weight is 260 g/mol. The SMILES string of the molecule is CCN(CC)c1ncc(-c2cccc(F)c2)c(N)n1. The first-order valence-corrected chi connectivity index (χ1v) is 6.29. The van der Waals surface area contributed by atoms with E-state index in [1.54, 1.807) is 18.3 Å². The first-order valence-electron chi connectivity index (χ1n) is 6.29. The highest BCUT2D eigenvalue weighted by Gasteiger charge is 2.10. The third-order valence-electron chi connectivity index (χ3n) is 2.99. The van der Waals surface area contributed by atoms with Gasteiger partial charge in [0, 0.05) is 24.8 Å². The molecule has 0 aliphatic rings. The Hall–Kier alpha value is -2.17. The summed E-state index contributed by atoms with van der Waals surface area (Å²) in [4.78, 5) is 10.6. The van der Waals surface area contributed by atoms with Gasteiger partial charge in [0.1, 0.15) is 11.6 Å². The minimum atomic E-state index is -0.301. The minimum Gasteiger partial charge on any atom is -0.383 e. The summed E-state index contributed by atoms with van der Waals surface area (Å²) < 4.78 is 13.2. The number of benzene rings is 1. The maximum absolute atomic E-state index is 13.2. The van der Waals surface area contributed by atoms with E-state index in [-0.39, 0.29) is 5.82 Å². The molecule has 19 heavy (non-hydrogen) atoms. The lowest BCUT2D eigenvalue weighted by Gasteiger charge is -2.19. The van der Waals surface area contributed by atoms with Crippen LogP contribution in [0.1, 0.15) is 13.8 Å². The zero-order valence-electron chi connectivity index (χ0n) is 11.1. The fourth-order valence-corrected chi connectivity index (χ4v) is 1.92. The van der Waals surface area contributed by atoms with Crippen molar-refractivity contribution in [1.29, 1.82) is 0 Å². The van der Waals surface area contributed by atoms with Crippen molar-refractivity contribution in [1.82, 2.24) is 9.97 Å². The number of nitrogen functional groups attached to an aromatic ring is 1. The fourth-order valence-electron chi connectivity index (χ4n) is 1.92. The standard InChI is InChI=1S/C14H17FN4/c1-3-19(4-2)14-17-9-12(13(16)18-14)10-6-5-7-11(15)8-10/h5-9H,3-4H2,1-2H3,(H2,16,17,18). The second kappa shape index (κ2) is 5.65. The molecule has 0 saturated heterocycles. The first-order chi connectivity index (χ1) is 9.15. The second-order valence-electron chi connectivity index (χ2n) is 4.15. The zero-order valence-corrected chi connectivity index (χ0v) is 11.1. The molecule has 0 spiro atoms. The molecule has 0 aliphatic carbocycles. The van der Waals surface area contributed by atoms with Crippen LogP contribution >= 0.6 is 0 Å². The molecule has 2 rings (SSSR count). The number of nitrogens with two attached hydrogens (primary N) is 1. The number of halogens is 1. The van der Waals surface area contributed by atoms with Crippen LogP contribution in [0, 0.1) is 5.82 Å². The monoisotopic (exact) mass is 260 g/mol. The Morgan fingerprint density at radius 3 is 2.58 bits per heavy atom. The van der Waals surface area contributed by atoms with Crippen LogP contribution in [-0.4, -0.2) is 23.1 Å². The van der Waals surface area contributed by atoms with Crippen molar-refractivity contribution >= 4 is 11.8 Å². The van der Waals surface area contributed by atoms with Gasteiger partial charge >= 0.3 is 0 Å². The summed E-state index contributed by atoms with van der Waals surface area (Å²) in [5.41, 5.74) is 7.28. The second-order valence-corrected chi connectivity index (χ2v) is 4.15. The molecule has 0 aliphatic heterocycles. The number of anilines is 2. The molecule has 5 heteroatoms. The molecular formula is C14H17FN4. The Morgan fingerprint density at radius 2 is 2.00 bits per heavy atom. The Labute approximate surface area is 112 Å². The van der Waals surface area contributed by atoms with Gasteiger partial charge in [-0.1, -0.05) is 12.1 Å². The van der Waals surface area contributed by atoms with Gasteiger partial charge in [-0.25, -0.2) is 9.37 Å². The van der Waals surface area contributed by atoms with Gasteiger partial charge in [-0.05, 0) is 31.5 Å². The molecule has 0 saturated carbocycles. The van der Waals surface area contributed by atoms with Crippen molar-refractivity contribution < 1.29 is 4.39 Å². The molecule has 0 amide bonds. The van der Waals surface area contributed by atoms with Crippen LogP contribution in [0.25, 0.3) is 11.1 Å². The first kappa shape index (κ1) is 13.3. The van der Waals surface area contributed by atoms with Crippen LogP contribution in [0.5, 0.6) is 0 Å². The van der Waals surface area contributed by atoms with Gasteiger partial charge in [0.05, 0.1) is 0 Å². The maximum Gasteiger partial charge on any atom is 0.227 e. The third-order valence-corrected chi connectivity index (χ3v) is 2.99. The van der Waals surface area contributed by atoms with E-state index in [2.05, 4.69) is 9.97 Å². The molecule has 2 N–H and O–H groups in total. The summed E-state index contributed by atoms with van der Waals surface area (Å²) in [7, 11) is 0. The number of hydrogen-bond donors (Lipinski definition) is 1. The molecule has 0 fully saturated rings. The molecule has 4 nitrogen and oxygen atoms in total. The summed E-state index contributed by atoms with van der Waals surface area (Å²) >= 11 is 0. The van der Waals surface area contributed by atoms with Crippen LogP contribution in [0.4, 0.5) is 16.2 Å².